The number of aliphatic hydroxyl groups is 1. The highest BCUT2D eigenvalue weighted by Gasteiger charge is 2.12. The minimum atomic E-state index is -0.776. The third kappa shape index (κ3) is 5.86. The number of hydrogen-bond donors (Lipinski definition) is 3. The number of benzene rings is 2. The molecule has 0 fully saturated rings. The molecule has 3 N–H and O–H groups in total. The standard InChI is InChI=1S/C20H26FN3O3/c1-4-22-20(23-12-15-7-5-6-8-16(15)21)24-13-17(25)14-9-10-18(26-2)19(11-14)27-3/h5-11,17,25H,4,12-13H2,1-3H3,(H2,22,23,24). The molecule has 0 spiro atoms. The van der Waals surface area contributed by atoms with Gasteiger partial charge in [0, 0.05) is 18.7 Å². The van der Waals surface area contributed by atoms with Crippen molar-refractivity contribution in [2.45, 2.75) is 19.6 Å². The third-order valence-corrected chi connectivity index (χ3v) is 3.96. The molecule has 7 heteroatoms. The van der Waals surface area contributed by atoms with Crippen molar-refractivity contribution in [1.29, 1.82) is 0 Å². The van der Waals surface area contributed by atoms with Crippen molar-refractivity contribution < 1.29 is 19.0 Å². The Hall–Kier alpha value is -2.80. The Labute approximate surface area is 159 Å². The summed E-state index contributed by atoms with van der Waals surface area (Å²) in [7, 11) is 3.11. The summed E-state index contributed by atoms with van der Waals surface area (Å²) in [6.07, 6.45) is -0.776. The van der Waals surface area contributed by atoms with Crippen LogP contribution in [-0.4, -0.2) is 38.4 Å². The van der Waals surface area contributed by atoms with E-state index < -0.39 is 6.10 Å². The van der Waals surface area contributed by atoms with E-state index >= 15 is 0 Å². The van der Waals surface area contributed by atoms with Gasteiger partial charge < -0.3 is 25.2 Å². The average molecular weight is 375 g/mol. The molecule has 2 aromatic rings. The van der Waals surface area contributed by atoms with Gasteiger partial charge in [0.15, 0.2) is 17.5 Å². The van der Waals surface area contributed by atoms with Crippen molar-refractivity contribution in [3.8, 4) is 11.5 Å². The summed E-state index contributed by atoms with van der Waals surface area (Å²) in [5.74, 6) is 1.36. The lowest BCUT2D eigenvalue weighted by atomic mass is 10.1. The summed E-state index contributed by atoms with van der Waals surface area (Å²) in [6.45, 7) is 3.02. The lowest BCUT2D eigenvalue weighted by Crippen LogP contribution is -2.39. The first-order valence-electron chi connectivity index (χ1n) is 8.74. The third-order valence-electron chi connectivity index (χ3n) is 3.96. The maximum Gasteiger partial charge on any atom is 0.191 e. The van der Waals surface area contributed by atoms with Gasteiger partial charge in [-0.3, -0.25) is 0 Å². The van der Waals surface area contributed by atoms with Gasteiger partial charge in [0.2, 0.25) is 0 Å². The first kappa shape index (κ1) is 20.5. The summed E-state index contributed by atoms with van der Waals surface area (Å²) in [5.41, 5.74) is 1.19. The van der Waals surface area contributed by atoms with Crippen molar-refractivity contribution in [3.63, 3.8) is 0 Å². The number of nitrogens with zero attached hydrogens (tertiary/aromatic N) is 1. The van der Waals surface area contributed by atoms with E-state index in [0.29, 0.717) is 35.1 Å². The van der Waals surface area contributed by atoms with Crippen LogP contribution in [0, 0.1) is 5.82 Å². The monoisotopic (exact) mass is 375 g/mol. The summed E-state index contributed by atoms with van der Waals surface area (Å²) in [4.78, 5) is 4.37. The fourth-order valence-electron chi connectivity index (χ4n) is 2.50. The first-order valence-corrected chi connectivity index (χ1v) is 8.74. The van der Waals surface area contributed by atoms with Crippen LogP contribution in [0.4, 0.5) is 4.39 Å². The number of aliphatic imine (C=N–C) groups is 1. The molecule has 2 rings (SSSR count). The van der Waals surface area contributed by atoms with E-state index in [-0.39, 0.29) is 18.9 Å². The zero-order chi connectivity index (χ0) is 19.6. The highest BCUT2D eigenvalue weighted by atomic mass is 19.1. The molecular weight excluding hydrogens is 349 g/mol. The van der Waals surface area contributed by atoms with Gasteiger partial charge in [-0.1, -0.05) is 24.3 Å². The molecule has 1 atom stereocenters. The Morgan fingerprint density at radius 1 is 1.11 bits per heavy atom. The van der Waals surface area contributed by atoms with Gasteiger partial charge in [0.05, 0.1) is 26.9 Å². The second kappa shape index (κ2) is 10.4. The van der Waals surface area contributed by atoms with E-state index in [2.05, 4.69) is 15.6 Å². The van der Waals surface area contributed by atoms with Crippen LogP contribution in [0.25, 0.3) is 0 Å². The molecule has 0 saturated carbocycles. The van der Waals surface area contributed by atoms with Crippen LogP contribution in [0.1, 0.15) is 24.2 Å². The Morgan fingerprint density at radius 2 is 1.85 bits per heavy atom. The van der Waals surface area contributed by atoms with E-state index in [1.54, 1.807) is 50.6 Å². The van der Waals surface area contributed by atoms with Gasteiger partial charge in [0.1, 0.15) is 5.82 Å². The molecule has 0 aliphatic carbocycles. The molecule has 1 unspecified atom stereocenters. The number of hydrogen-bond acceptors (Lipinski definition) is 4. The van der Waals surface area contributed by atoms with Gasteiger partial charge in [-0.15, -0.1) is 0 Å². The minimum absolute atomic E-state index is 0.203. The van der Waals surface area contributed by atoms with E-state index in [1.165, 1.54) is 6.07 Å². The van der Waals surface area contributed by atoms with Crippen LogP contribution in [0.15, 0.2) is 47.5 Å². The molecule has 27 heavy (non-hydrogen) atoms. The van der Waals surface area contributed by atoms with Gasteiger partial charge >= 0.3 is 0 Å². The molecule has 146 valence electrons. The Balaban J connectivity index is 2.02. The Bertz CT molecular complexity index is 768. The normalized spacial score (nSPS) is 12.4. The van der Waals surface area contributed by atoms with E-state index in [4.69, 9.17) is 9.47 Å². The first-order chi connectivity index (χ1) is 13.1. The predicted molar refractivity (Wildman–Crippen MR) is 104 cm³/mol. The molecular formula is C20H26FN3O3. The highest BCUT2D eigenvalue weighted by molar-refractivity contribution is 5.79. The Morgan fingerprint density at radius 3 is 2.52 bits per heavy atom. The van der Waals surface area contributed by atoms with Crippen LogP contribution in [0.3, 0.4) is 0 Å². The number of ether oxygens (including phenoxy) is 2. The van der Waals surface area contributed by atoms with E-state index in [1.807, 2.05) is 6.92 Å². The lowest BCUT2D eigenvalue weighted by Gasteiger charge is -2.17. The molecule has 0 radical (unpaired) electrons. The predicted octanol–water partition coefficient (Wildman–Crippen LogP) is 2.63. The second-order valence-electron chi connectivity index (χ2n) is 5.80. The van der Waals surface area contributed by atoms with Gasteiger partial charge in [-0.25, -0.2) is 9.38 Å². The molecule has 6 nitrogen and oxygen atoms in total. The fraction of sp³-hybridized carbons (Fsp3) is 0.350. The summed E-state index contributed by atoms with van der Waals surface area (Å²) in [6, 6.07) is 11.8. The minimum Gasteiger partial charge on any atom is -0.493 e. The number of nitrogens with one attached hydrogen (secondary N) is 2. The largest absolute Gasteiger partial charge is 0.493 e. The van der Waals surface area contributed by atoms with Crippen molar-refractivity contribution in [2.75, 3.05) is 27.3 Å². The smallest absolute Gasteiger partial charge is 0.191 e. The Kier molecular flexibility index (Phi) is 7.88. The fourth-order valence-corrected chi connectivity index (χ4v) is 2.50. The summed E-state index contributed by atoms with van der Waals surface area (Å²) < 4.78 is 24.2. The van der Waals surface area contributed by atoms with Crippen LogP contribution >= 0.6 is 0 Å². The number of rotatable bonds is 8. The quantitative estimate of drug-likeness (QED) is 0.489. The van der Waals surface area contributed by atoms with E-state index in [0.717, 1.165) is 0 Å². The van der Waals surface area contributed by atoms with Crippen molar-refractivity contribution >= 4 is 5.96 Å². The van der Waals surface area contributed by atoms with Crippen molar-refractivity contribution in [1.82, 2.24) is 10.6 Å². The van der Waals surface area contributed by atoms with Crippen LogP contribution < -0.4 is 20.1 Å². The van der Waals surface area contributed by atoms with Crippen LogP contribution in [0.5, 0.6) is 11.5 Å². The highest BCUT2D eigenvalue weighted by Crippen LogP contribution is 2.29. The topological polar surface area (TPSA) is 75.1 Å². The average Bonchev–Trinajstić information content (AvgIpc) is 2.70. The molecule has 0 bridgehead atoms. The second-order valence-corrected chi connectivity index (χ2v) is 5.80. The zero-order valence-corrected chi connectivity index (χ0v) is 15.8. The molecule has 0 aliphatic heterocycles. The number of aliphatic hydroxyl groups excluding tert-OH is 1. The lowest BCUT2D eigenvalue weighted by molar-refractivity contribution is 0.180. The molecule has 0 aromatic heterocycles. The summed E-state index contributed by atoms with van der Waals surface area (Å²) >= 11 is 0. The van der Waals surface area contributed by atoms with Crippen molar-refractivity contribution in [3.05, 3.63) is 59.4 Å². The van der Waals surface area contributed by atoms with Gasteiger partial charge in [-0.2, -0.15) is 0 Å². The van der Waals surface area contributed by atoms with Crippen molar-refractivity contribution in [2.24, 2.45) is 4.99 Å². The number of halogens is 1. The zero-order valence-electron chi connectivity index (χ0n) is 15.8. The van der Waals surface area contributed by atoms with Crippen LogP contribution in [0.2, 0.25) is 0 Å². The molecule has 0 aliphatic rings. The van der Waals surface area contributed by atoms with E-state index in [9.17, 15) is 9.50 Å². The van der Waals surface area contributed by atoms with Gasteiger partial charge in [0.25, 0.3) is 0 Å². The van der Waals surface area contributed by atoms with Crippen LogP contribution in [-0.2, 0) is 6.54 Å². The molecule has 2 aromatic carbocycles. The summed E-state index contributed by atoms with van der Waals surface area (Å²) in [5, 5.41) is 16.6. The maximum atomic E-state index is 13.7. The molecule has 0 amide bonds. The maximum absolute atomic E-state index is 13.7. The molecule has 0 heterocycles. The number of guanidine groups is 1. The SMILES string of the molecule is CCNC(=NCc1ccccc1F)NCC(O)c1ccc(OC)c(OC)c1. The number of methoxy groups -OCH3 is 2. The van der Waals surface area contributed by atoms with Gasteiger partial charge in [-0.05, 0) is 30.7 Å². The molecule has 0 saturated heterocycles.